The van der Waals surface area contributed by atoms with E-state index in [2.05, 4.69) is 19.9 Å². The van der Waals surface area contributed by atoms with E-state index in [-0.39, 0.29) is 11.9 Å². The van der Waals surface area contributed by atoms with E-state index in [1.807, 2.05) is 31.3 Å². The summed E-state index contributed by atoms with van der Waals surface area (Å²) in [5, 5.41) is 0. The number of methoxy groups -OCH3 is 1. The number of anilines is 2. The van der Waals surface area contributed by atoms with Crippen LogP contribution in [0.5, 0.6) is 5.75 Å². The number of hydrogen-bond donors (Lipinski definition) is 2. The summed E-state index contributed by atoms with van der Waals surface area (Å²) in [6.07, 6.45) is 0. The maximum absolute atomic E-state index is 5.55. The topological polar surface area (TPSA) is 103 Å². The van der Waals surface area contributed by atoms with Crippen molar-refractivity contribution >= 4 is 11.9 Å². The molecule has 4 N–H and O–H groups in total. The van der Waals surface area contributed by atoms with E-state index < -0.39 is 0 Å². The van der Waals surface area contributed by atoms with Gasteiger partial charge in [0.1, 0.15) is 11.6 Å². The summed E-state index contributed by atoms with van der Waals surface area (Å²) in [6, 6.07) is 7.90. The molecule has 1 aromatic heterocycles. The van der Waals surface area contributed by atoms with Gasteiger partial charge in [-0.05, 0) is 24.7 Å². The molecule has 0 atom stereocenters. The van der Waals surface area contributed by atoms with Gasteiger partial charge in [-0.2, -0.15) is 15.0 Å². The fourth-order valence-corrected chi connectivity index (χ4v) is 1.87. The van der Waals surface area contributed by atoms with Gasteiger partial charge in [-0.1, -0.05) is 12.1 Å². The lowest BCUT2D eigenvalue weighted by Crippen LogP contribution is -2.20. The standard InChI is InChI=1S/C13H18N6O/c1-19(7-9-3-5-10(20-2)6-4-9)8-11-16-12(14)18-13(15)17-11/h3-6H,7-8H2,1-2H3,(H4,14,15,16,17,18). The van der Waals surface area contributed by atoms with Crippen LogP contribution in [-0.2, 0) is 13.1 Å². The van der Waals surface area contributed by atoms with Gasteiger partial charge >= 0.3 is 0 Å². The fraction of sp³-hybridized carbons (Fsp3) is 0.308. The summed E-state index contributed by atoms with van der Waals surface area (Å²) >= 11 is 0. The minimum Gasteiger partial charge on any atom is -0.497 e. The van der Waals surface area contributed by atoms with E-state index in [1.165, 1.54) is 5.56 Å². The minimum atomic E-state index is 0.144. The van der Waals surface area contributed by atoms with Crippen LogP contribution in [0.25, 0.3) is 0 Å². The number of nitrogens with two attached hydrogens (primary N) is 2. The van der Waals surface area contributed by atoms with Crippen molar-refractivity contribution < 1.29 is 4.74 Å². The number of rotatable bonds is 5. The first-order chi connectivity index (χ1) is 9.56. The Balaban J connectivity index is 1.98. The Morgan fingerprint density at radius 2 is 1.60 bits per heavy atom. The van der Waals surface area contributed by atoms with Gasteiger partial charge in [0, 0.05) is 6.54 Å². The van der Waals surface area contributed by atoms with Crippen LogP contribution in [0.4, 0.5) is 11.9 Å². The van der Waals surface area contributed by atoms with E-state index in [1.54, 1.807) is 7.11 Å². The molecule has 0 aliphatic carbocycles. The molecule has 2 aromatic rings. The van der Waals surface area contributed by atoms with Gasteiger partial charge < -0.3 is 16.2 Å². The molecule has 0 amide bonds. The lowest BCUT2D eigenvalue weighted by atomic mass is 10.2. The zero-order valence-corrected chi connectivity index (χ0v) is 11.6. The number of ether oxygens (including phenoxy) is 1. The van der Waals surface area contributed by atoms with Gasteiger partial charge in [0.15, 0.2) is 0 Å². The Morgan fingerprint density at radius 1 is 1.00 bits per heavy atom. The predicted octanol–water partition coefficient (Wildman–Crippen LogP) is 0.677. The number of benzene rings is 1. The first kappa shape index (κ1) is 14.0. The third kappa shape index (κ3) is 3.79. The molecule has 0 saturated carbocycles. The molecule has 0 spiro atoms. The van der Waals surface area contributed by atoms with Crippen molar-refractivity contribution in [1.82, 2.24) is 19.9 Å². The van der Waals surface area contributed by atoms with Crippen molar-refractivity contribution in [3.63, 3.8) is 0 Å². The maximum Gasteiger partial charge on any atom is 0.225 e. The molecule has 106 valence electrons. The Kier molecular flexibility index (Phi) is 4.31. The van der Waals surface area contributed by atoms with E-state index in [9.17, 15) is 0 Å². The molecule has 0 aliphatic heterocycles. The summed E-state index contributed by atoms with van der Waals surface area (Å²) in [5.74, 6) is 1.69. The molecule has 0 radical (unpaired) electrons. The average molecular weight is 274 g/mol. The van der Waals surface area contributed by atoms with Crippen molar-refractivity contribution in [2.45, 2.75) is 13.1 Å². The predicted molar refractivity (Wildman–Crippen MR) is 76.8 cm³/mol. The van der Waals surface area contributed by atoms with Gasteiger partial charge in [-0.25, -0.2) is 0 Å². The van der Waals surface area contributed by atoms with Gasteiger partial charge in [0.05, 0.1) is 13.7 Å². The van der Waals surface area contributed by atoms with Gasteiger partial charge in [-0.15, -0.1) is 0 Å². The van der Waals surface area contributed by atoms with Gasteiger partial charge in [-0.3, -0.25) is 4.90 Å². The smallest absolute Gasteiger partial charge is 0.225 e. The highest BCUT2D eigenvalue weighted by atomic mass is 16.5. The quantitative estimate of drug-likeness (QED) is 0.826. The molecule has 20 heavy (non-hydrogen) atoms. The van der Waals surface area contributed by atoms with Crippen LogP contribution in [-0.4, -0.2) is 34.0 Å². The molecule has 7 nitrogen and oxygen atoms in total. The van der Waals surface area contributed by atoms with Crippen LogP contribution < -0.4 is 16.2 Å². The fourth-order valence-electron chi connectivity index (χ4n) is 1.87. The molecular formula is C13H18N6O. The zero-order chi connectivity index (χ0) is 14.5. The lowest BCUT2D eigenvalue weighted by molar-refractivity contribution is 0.310. The van der Waals surface area contributed by atoms with Crippen molar-refractivity contribution in [3.05, 3.63) is 35.7 Å². The molecule has 0 aliphatic rings. The summed E-state index contributed by atoms with van der Waals surface area (Å²) < 4.78 is 5.13. The van der Waals surface area contributed by atoms with Crippen LogP contribution in [0.2, 0.25) is 0 Å². The van der Waals surface area contributed by atoms with Crippen molar-refractivity contribution in [2.75, 3.05) is 25.6 Å². The molecular weight excluding hydrogens is 256 g/mol. The van der Waals surface area contributed by atoms with Crippen molar-refractivity contribution in [3.8, 4) is 5.75 Å². The second kappa shape index (κ2) is 6.16. The van der Waals surface area contributed by atoms with Crippen LogP contribution in [0.1, 0.15) is 11.4 Å². The first-order valence-electron chi connectivity index (χ1n) is 6.14. The average Bonchev–Trinajstić information content (AvgIpc) is 2.38. The van der Waals surface area contributed by atoms with E-state index in [0.717, 1.165) is 12.3 Å². The number of nitrogens with zero attached hydrogens (tertiary/aromatic N) is 4. The Morgan fingerprint density at radius 3 is 2.15 bits per heavy atom. The van der Waals surface area contributed by atoms with E-state index in [4.69, 9.17) is 16.2 Å². The highest BCUT2D eigenvalue weighted by molar-refractivity contribution is 5.27. The normalized spacial score (nSPS) is 10.8. The zero-order valence-electron chi connectivity index (χ0n) is 11.6. The van der Waals surface area contributed by atoms with Crippen LogP contribution >= 0.6 is 0 Å². The lowest BCUT2D eigenvalue weighted by Gasteiger charge is -2.16. The van der Waals surface area contributed by atoms with Crippen LogP contribution in [0, 0.1) is 0 Å². The molecule has 0 bridgehead atoms. The highest BCUT2D eigenvalue weighted by Gasteiger charge is 2.07. The summed E-state index contributed by atoms with van der Waals surface area (Å²) in [6.45, 7) is 1.30. The SMILES string of the molecule is COc1ccc(CN(C)Cc2nc(N)nc(N)n2)cc1. The minimum absolute atomic E-state index is 0.144. The molecule has 0 unspecified atom stereocenters. The molecule has 1 heterocycles. The highest BCUT2D eigenvalue weighted by Crippen LogP contribution is 2.13. The monoisotopic (exact) mass is 274 g/mol. The van der Waals surface area contributed by atoms with Crippen LogP contribution in [0.15, 0.2) is 24.3 Å². The Labute approximate surface area is 117 Å². The summed E-state index contributed by atoms with van der Waals surface area (Å²) in [7, 11) is 3.62. The number of aromatic nitrogens is 3. The summed E-state index contributed by atoms with van der Waals surface area (Å²) in [4.78, 5) is 13.9. The third-order valence-corrected chi connectivity index (χ3v) is 2.74. The van der Waals surface area contributed by atoms with Gasteiger partial charge in [0.25, 0.3) is 0 Å². The summed E-state index contributed by atoms with van der Waals surface area (Å²) in [5.41, 5.74) is 12.3. The largest absolute Gasteiger partial charge is 0.497 e. The molecule has 7 heteroatoms. The first-order valence-corrected chi connectivity index (χ1v) is 6.14. The van der Waals surface area contributed by atoms with E-state index >= 15 is 0 Å². The molecule has 0 fully saturated rings. The molecule has 2 rings (SSSR count). The Hall–Kier alpha value is -2.41. The third-order valence-electron chi connectivity index (χ3n) is 2.74. The maximum atomic E-state index is 5.55. The van der Waals surface area contributed by atoms with Crippen molar-refractivity contribution in [1.29, 1.82) is 0 Å². The van der Waals surface area contributed by atoms with Crippen molar-refractivity contribution in [2.24, 2.45) is 0 Å². The van der Waals surface area contributed by atoms with E-state index in [0.29, 0.717) is 12.4 Å². The number of hydrogen-bond acceptors (Lipinski definition) is 7. The Bertz CT molecular complexity index is 551. The molecule has 1 aromatic carbocycles. The second-order valence-corrected chi connectivity index (χ2v) is 4.49. The van der Waals surface area contributed by atoms with Gasteiger partial charge in [0.2, 0.25) is 11.9 Å². The molecule has 0 saturated heterocycles. The number of nitrogen functional groups attached to an aromatic ring is 2. The second-order valence-electron chi connectivity index (χ2n) is 4.49. The van der Waals surface area contributed by atoms with Crippen LogP contribution in [0.3, 0.4) is 0 Å².